The smallest absolute Gasteiger partial charge is 0.235 e. The summed E-state index contributed by atoms with van der Waals surface area (Å²) in [5, 5.41) is 0. The molecule has 120 valence electrons. The normalized spacial score (nSPS) is 14.7. The van der Waals surface area contributed by atoms with Gasteiger partial charge in [-0.3, -0.25) is 0 Å². The van der Waals surface area contributed by atoms with Gasteiger partial charge in [0.05, 0.1) is 22.1 Å². The van der Waals surface area contributed by atoms with Crippen molar-refractivity contribution in [3.63, 3.8) is 0 Å². The van der Waals surface area contributed by atoms with Gasteiger partial charge in [0.2, 0.25) is 0 Å². The highest BCUT2D eigenvalue weighted by Gasteiger charge is 2.39. The van der Waals surface area contributed by atoms with Crippen LogP contribution in [0.3, 0.4) is 0 Å². The summed E-state index contributed by atoms with van der Waals surface area (Å²) in [6.07, 6.45) is -4.75. The summed E-state index contributed by atoms with van der Waals surface area (Å²) in [7, 11) is -2.62. The Morgan fingerprint density at radius 1 is 1.00 bits per heavy atom. The van der Waals surface area contributed by atoms with Crippen LogP contribution < -0.4 is 0 Å². The number of hydrogen-bond donors (Lipinski definition) is 0. The first-order valence-corrected chi connectivity index (χ1v) is 7.19. The summed E-state index contributed by atoms with van der Waals surface area (Å²) in [6.45, 7) is 3.08. The van der Waals surface area contributed by atoms with Crippen molar-refractivity contribution in [2.75, 3.05) is 13.1 Å². The number of halogens is 6. The fourth-order valence-electron chi connectivity index (χ4n) is 1.61. The Balaban J connectivity index is 3.43. The molecule has 0 fully saturated rings. The van der Waals surface area contributed by atoms with Crippen LogP contribution in [0, 0.1) is 0 Å². The predicted octanol–water partition coefficient (Wildman–Crippen LogP) is 4.92. The lowest BCUT2D eigenvalue weighted by molar-refractivity contribution is -0.137. The Morgan fingerprint density at radius 3 is 1.95 bits per heavy atom. The van der Waals surface area contributed by atoms with E-state index in [0.717, 1.165) is 22.5 Å². The van der Waals surface area contributed by atoms with E-state index < -0.39 is 33.8 Å². The van der Waals surface area contributed by atoms with Crippen molar-refractivity contribution in [2.24, 2.45) is 4.36 Å². The van der Waals surface area contributed by atoms with Crippen molar-refractivity contribution in [3.8, 4) is 0 Å². The summed E-state index contributed by atoms with van der Waals surface area (Å²) >= 11 is 0. The summed E-state index contributed by atoms with van der Waals surface area (Å²) in [4.78, 5) is 0. The third kappa shape index (κ3) is 4.70. The second-order valence-corrected chi connectivity index (χ2v) is 5.62. The zero-order valence-electron chi connectivity index (χ0n) is 11.3. The summed E-state index contributed by atoms with van der Waals surface area (Å²) in [6, 6.07) is 4.01. The first kappa shape index (κ1) is 18.0. The van der Waals surface area contributed by atoms with Crippen LogP contribution >= 0.6 is 0 Å². The van der Waals surface area contributed by atoms with Crippen molar-refractivity contribution < 1.29 is 26.3 Å². The second kappa shape index (κ2) is 6.78. The first-order valence-electron chi connectivity index (χ1n) is 6.05. The molecule has 1 rings (SSSR count). The van der Waals surface area contributed by atoms with E-state index in [9.17, 15) is 26.3 Å². The van der Waals surface area contributed by atoms with Gasteiger partial charge in [0.25, 0.3) is 0 Å². The fraction of sp³-hybridized carbons (Fsp3) is 0.500. The second-order valence-electron chi connectivity index (χ2n) is 3.93. The topological polar surface area (TPSA) is 15.6 Å². The van der Waals surface area contributed by atoms with E-state index in [1.807, 2.05) is 0 Å². The van der Waals surface area contributed by atoms with Gasteiger partial charge >= 0.3 is 11.7 Å². The maximum atomic E-state index is 13.1. The molecule has 1 aromatic rings. The highest BCUT2D eigenvalue weighted by molar-refractivity contribution is 7.86. The Morgan fingerprint density at radius 2 is 1.52 bits per heavy atom. The van der Waals surface area contributed by atoms with Gasteiger partial charge in [-0.05, 0) is 12.1 Å². The third-order valence-electron chi connectivity index (χ3n) is 2.55. The van der Waals surface area contributed by atoms with Crippen LogP contribution in [0.4, 0.5) is 32.0 Å². The molecule has 0 N–H and O–H groups in total. The molecular weight excluding hydrogens is 318 g/mol. The average Bonchev–Trinajstić information content (AvgIpc) is 2.37. The average molecular weight is 332 g/mol. The zero-order valence-corrected chi connectivity index (χ0v) is 12.1. The monoisotopic (exact) mass is 332 g/mol. The molecule has 0 aliphatic heterocycles. The minimum atomic E-state index is -4.75. The fourth-order valence-corrected chi connectivity index (χ4v) is 2.96. The summed E-state index contributed by atoms with van der Waals surface area (Å²) in [5.41, 5.74) is -6.58. The van der Waals surface area contributed by atoms with Gasteiger partial charge in [-0.2, -0.15) is 26.3 Å². The molecule has 0 spiro atoms. The minimum absolute atomic E-state index is 0.0385. The molecule has 0 saturated heterocycles. The molecular formula is C12H14F6N2S. The molecule has 1 atom stereocenters. The van der Waals surface area contributed by atoms with Crippen molar-refractivity contribution in [2.45, 2.75) is 25.5 Å². The van der Waals surface area contributed by atoms with E-state index in [1.54, 1.807) is 0 Å². The predicted molar refractivity (Wildman–Crippen MR) is 69.9 cm³/mol. The van der Waals surface area contributed by atoms with Crippen LogP contribution in [0.15, 0.2) is 28.6 Å². The minimum Gasteiger partial charge on any atom is -0.235 e. The standard InChI is InChI=1S/C12H14F6N2S/c1-3-20(4-2)21(12(16,17)18)19-10-8-6-5-7-9(10)11(13,14)15/h5-8H,3-4H2,1-2H3. The molecule has 1 aromatic carbocycles. The maximum absolute atomic E-state index is 13.1. The number of rotatable bonds is 4. The van der Waals surface area contributed by atoms with Gasteiger partial charge < -0.3 is 0 Å². The van der Waals surface area contributed by atoms with Gasteiger partial charge in [0.1, 0.15) is 0 Å². The van der Waals surface area contributed by atoms with E-state index in [4.69, 9.17) is 0 Å². The Labute approximate surface area is 121 Å². The van der Waals surface area contributed by atoms with Crippen LogP contribution in [0.5, 0.6) is 0 Å². The van der Waals surface area contributed by atoms with E-state index in [0.29, 0.717) is 0 Å². The lowest BCUT2D eigenvalue weighted by Crippen LogP contribution is -2.34. The molecule has 0 radical (unpaired) electrons. The van der Waals surface area contributed by atoms with Gasteiger partial charge in [-0.15, -0.1) is 0 Å². The molecule has 21 heavy (non-hydrogen) atoms. The van der Waals surface area contributed by atoms with E-state index in [-0.39, 0.29) is 13.1 Å². The van der Waals surface area contributed by atoms with Crippen LogP contribution in [-0.2, 0) is 17.1 Å². The van der Waals surface area contributed by atoms with Crippen molar-refractivity contribution in [3.05, 3.63) is 29.8 Å². The van der Waals surface area contributed by atoms with Gasteiger partial charge in [0.15, 0.2) is 0 Å². The quantitative estimate of drug-likeness (QED) is 0.715. The molecule has 0 aliphatic rings. The summed E-state index contributed by atoms with van der Waals surface area (Å²) in [5.74, 6) is 0. The van der Waals surface area contributed by atoms with Crippen LogP contribution in [-0.4, -0.2) is 22.9 Å². The molecule has 0 heterocycles. The lowest BCUT2D eigenvalue weighted by atomic mass is 10.2. The van der Waals surface area contributed by atoms with Crippen molar-refractivity contribution in [1.29, 1.82) is 0 Å². The molecule has 0 saturated carbocycles. The SMILES string of the molecule is CCN(CC)S(=Nc1ccccc1C(F)(F)F)C(F)(F)F. The number of alkyl halides is 6. The first-order chi connectivity index (χ1) is 9.61. The van der Waals surface area contributed by atoms with Crippen molar-refractivity contribution in [1.82, 2.24) is 4.31 Å². The van der Waals surface area contributed by atoms with E-state index in [2.05, 4.69) is 4.36 Å². The largest absolute Gasteiger partial charge is 0.466 e. The Kier molecular flexibility index (Phi) is 5.80. The molecule has 0 aliphatic carbocycles. The van der Waals surface area contributed by atoms with Crippen LogP contribution in [0.25, 0.3) is 0 Å². The molecule has 1 unspecified atom stereocenters. The molecule has 9 heteroatoms. The van der Waals surface area contributed by atoms with E-state index in [1.165, 1.54) is 19.9 Å². The molecule has 0 bridgehead atoms. The molecule has 0 aromatic heterocycles. The van der Waals surface area contributed by atoms with E-state index >= 15 is 0 Å². The van der Waals surface area contributed by atoms with Crippen molar-refractivity contribution >= 4 is 16.6 Å². The van der Waals surface area contributed by atoms with Crippen LogP contribution in [0.1, 0.15) is 19.4 Å². The number of hydrogen-bond acceptors (Lipinski definition) is 1. The Hall–Kier alpha value is -1.09. The van der Waals surface area contributed by atoms with Gasteiger partial charge in [0, 0.05) is 13.1 Å². The van der Waals surface area contributed by atoms with Crippen LogP contribution in [0.2, 0.25) is 0 Å². The third-order valence-corrected chi connectivity index (χ3v) is 4.34. The van der Waals surface area contributed by atoms with Gasteiger partial charge in [-0.25, -0.2) is 8.67 Å². The zero-order chi connectivity index (χ0) is 16.3. The van der Waals surface area contributed by atoms with Gasteiger partial charge in [-0.1, -0.05) is 26.0 Å². The molecule has 0 amide bonds. The maximum Gasteiger partial charge on any atom is 0.466 e. The highest BCUT2D eigenvalue weighted by atomic mass is 32.2. The number of nitrogens with zero attached hydrogens (tertiary/aromatic N) is 2. The lowest BCUT2D eigenvalue weighted by Gasteiger charge is -2.24. The number of benzene rings is 1. The Bertz CT molecular complexity index is 505. The summed E-state index contributed by atoms with van der Waals surface area (Å²) < 4.78 is 81.9. The molecule has 2 nitrogen and oxygen atoms in total. The highest BCUT2D eigenvalue weighted by Crippen LogP contribution is 2.38.